The smallest absolute Gasteiger partial charge is 0.410 e. The molecule has 3 aromatic carbocycles. The number of carbonyl (C=O) groups is 2. The van der Waals surface area contributed by atoms with Gasteiger partial charge >= 0.3 is 12.1 Å². The summed E-state index contributed by atoms with van der Waals surface area (Å²) in [5, 5.41) is 0.106. The summed E-state index contributed by atoms with van der Waals surface area (Å²) in [6, 6.07) is 21.0. The summed E-state index contributed by atoms with van der Waals surface area (Å²) in [6.07, 6.45) is 2.31. The van der Waals surface area contributed by atoms with Gasteiger partial charge in [-0.2, -0.15) is 0 Å². The van der Waals surface area contributed by atoms with E-state index in [2.05, 4.69) is 46.0 Å². The van der Waals surface area contributed by atoms with Crippen LogP contribution in [0.2, 0.25) is 18.1 Å². The van der Waals surface area contributed by atoms with Crippen molar-refractivity contribution >= 4 is 20.4 Å². The minimum atomic E-state index is -1.95. The summed E-state index contributed by atoms with van der Waals surface area (Å²) in [6.45, 7) is 18.9. The number of nitrogen functional groups attached to an aromatic ring is 1. The highest BCUT2D eigenvalue weighted by Gasteiger charge is 2.38. The fourth-order valence-electron chi connectivity index (χ4n) is 6.47. The van der Waals surface area contributed by atoms with Crippen LogP contribution in [-0.2, 0) is 13.9 Å². The topological polar surface area (TPSA) is 118 Å². The zero-order valence-electron chi connectivity index (χ0n) is 33.1. The van der Waals surface area contributed by atoms with Crippen LogP contribution in [-0.4, -0.2) is 67.3 Å². The molecule has 0 bridgehead atoms. The first-order valence-corrected chi connectivity index (χ1v) is 21.5. The predicted molar refractivity (Wildman–Crippen MR) is 212 cm³/mol. The lowest BCUT2D eigenvalue weighted by atomic mass is 9.78. The molecule has 12 heteroatoms. The highest BCUT2D eigenvalue weighted by molar-refractivity contribution is 6.74. The first kappa shape index (κ1) is 40.5. The normalized spacial score (nSPS) is 14.8. The number of rotatable bonds is 11. The molecule has 2 heterocycles. The molecule has 0 radical (unpaired) electrons. The minimum absolute atomic E-state index is 0.106. The second-order valence-electron chi connectivity index (χ2n) is 16.5. The van der Waals surface area contributed by atoms with Gasteiger partial charge in [-0.15, -0.1) is 0 Å². The summed E-state index contributed by atoms with van der Waals surface area (Å²) >= 11 is 0. The zero-order valence-corrected chi connectivity index (χ0v) is 34.1. The number of ether oxygens (including phenoxy) is 3. The van der Waals surface area contributed by atoms with Gasteiger partial charge in [0.1, 0.15) is 28.6 Å². The Balaban J connectivity index is 1.39. The zero-order chi connectivity index (χ0) is 39.4. The van der Waals surface area contributed by atoms with Crippen LogP contribution >= 0.6 is 0 Å². The van der Waals surface area contributed by atoms with E-state index in [0.29, 0.717) is 54.2 Å². The van der Waals surface area contributed by atoms with Crippen LogP contribution in [0.5, 0.6) is 11.5 Å². The molecule has 1 fully saturated rings. The third-order valence-corrected chi connectivity index (χ3v) is 15.1. The second-order valence-corrected chi connectivity index (χ2v) is 21.3. The van der Waals surface area contributed by atoms with Gasteiger partial charge in [0, 0.05) is 30.8 Å². The van der Waals surface area contributed by atoms with E-state index in [4.69, 9.17) is 29.5 Å². The summed E-state index contributed by atoms with van der Waals surface area (Å²) in [7, 11) is -0.643. The SMILES string of the molecule is COC(=O)c1c(-c2ccc(Oc3ccc(F)cc3)cc2)nc(-c2ccc(C(CCO[Si](C)(C)C(C)(C)C)C3CCN(C(=O)OC(C)(C)C)CC3)cc2)n1N. The number of hydrogen-bond acceptors (Lipinski definition) is 8. The van der Waals surface area contributed by atoms with Crippen molar-refractivity contribution in [3.8, 4) is 34.1 Å². The van der Waals surface area contributed by atoms with Gasteiger partial charge in [0.25, 0.3) is 0 Å². The molecule has 290 valence electrons. The van der Waals surface area contributed by atoms with Gasteiger partial charge in [-0.3, -0.25) is 0 Å². The molecule has 1 unspecified atom stereocenters. The number of carbonyl (C=O) groups excluding carboxylic acids is 2. The molecule has 1 atom stereocenters. The number of aromatic nitrogens is 2. The first-order chi connectivity index (χ1) is 25.4. The largest absolute Gasteiger partial charge is 0.464 e. The van der Waals surface area contributed by atoms with Crippen molar-refractivity contribution in [1.29, 1.82) is 0 Å². The monoisotopic (exact) mass is 758 g/mol. The van der Waals surface area contributed by atoms with E-state index in [1.807, 2.05) is 37.8 Å². The molecule has 1 aliphatic rings. The van der Waals surface area contributed by atoms with E-state index in [1.165, 1.54) is 29.5 Å². The number of amides is 1. The maximum Gasteiger partial charge on any atom is 0.410 e. The van der Waals surface area contributed by atoms with E-state index < -0.39 is 19.9 Å². The molecule has 5 rings (SSSR count). The Morgan fingerprint density at radius 3 is 1.98 bits per heavy atom. The number of likely N-dealkylation sites (tertiary alicyclic amines) is 1. The summed E-state index contributed by atoms with van der Waals surface area (Å²) in [5.41, 5.74) is 2.50. The van der Waals surface area contributed by atoms with Crippen molar-refractivity contribution in [1.82, 2.24) is 14.6 Å². The van der Waals surface area contributed by atoms with Crippen molar-refractivity contribution in [2.75, 3.05) is 32.6 Å². The number of piperidine rings is 1. The number of nitrogens with zero attached hydrogens (tertiary/aromatic N) is 3. The Labute approximate surface area is 319 Å². The van der Waals surface area contributed by atoms with Gasteiger partial charge in [-0.25, -0.2) is 23.6 Å². The lowest BCUT2D eigenvalue weighted by Crippen LogP contribution is -2.43. The standard InChI is InChI=1S/C42H55FN4O6Si/c1-41(2,3)53-40(49)46-25-22-29(23-26-46)35(24-27-51-54(8,9)42(4,5)6)28-10-12-31(13-11-28)38-45-36(37(47(38)44)39(48)50-7)30-14-18-33(19-15-30)52-34-20-16-32(43)17-21-34/h10-21,29,35H,22-27,44H2,1-9H3. The molecular weight excluding hydrogens is 704 g/mol. The van der Waals surface area contributed by atoms with Crippen LogP contribution in [0.15, 0.2) is 72.8 Å². The highest BCUT2D eigenvalue weighted by atomic mass is 28.4. The molecule has 0 spiro atoms. The Morgan fingerprint density at radius 2 is 1.44 bits per heavy atom. The second kappa shape index (κ2) is 16.4. The van der Waals surface area contributed by atoms with Crippen molar-refractivity contribution in [2.24, 2.45) is 5.92 Å². The van der Waals surface area contributed by atoms with E-state index in [0.717, 1.165) is 24.8 Å². The van der Waals surface area contributed by atoms with Crippen LogP contribution in [0.4, 0.5) is 9.18 Å². The van der Waals surface area contributed by atoms with E-state index >= 15 is 0 Å². The van der Waals surface area contributed by atoms with Crippen molar-refractivity contribution in [3.05, 3.63) is 89.9 Å². The van der Waals surface area contributed by atoms with Gasteiger partial charge in [-0.1, -0.05) is 45.0 Å². The van der Waals surface area contributed by atoms with Gasteiger partial charge < -0.3 is 29.4 Å². The number of hydrogen-bond donors (Lipinski definition) is 1. The van der Waals surface area contributed by atoms with Crippen LogP contribution in [0.3, 0.4) is 0 Å². The van der Waals surface area contributed by atoms with E-state index in [1.54, 1.807) is 36.4 Å². The van der Waals surface area contributed by atoms with E-state index in [9.17, 15) is 14.0 Å². The van der Waals surface area contributed by atoms with E-state index in [-0.39, 0.29) is 28.6 Å². The van der Waals surface area contributed by atoms with Crippen LogP contribution in [0.1, 0.15) is 82.8 Å². The Bertz CT molecular complexity index is 1890. The average molecular weight is 759 g/mol. The third-order valence-electron chi connectivity index (χ3n) is 10.5. The van der Waals surface area contributed by atoms with Gasteiger partial charge in [0.15, 0.2) is 19.8 Å². The quantitative estimate of drug-likeness (QED) is 0.0913. The highest BCUT2D eigenvalue weighted by Crippen LogP contribution is 2.40. The predicted octanol–water partition coefficient (Wildman–Crippen LogP) is 9.79. The van der Waals surface area contributed by atoms with Gasteiger partial charge in [0.2, 0.25) is 0 Å². The number of esters is 1. The minimum Gasteiger partial charge on any atom is -0.464 e. The van der Waals surface area contributed by atoms with Crippen LogP contribution in [0, 0.1) is 11.7 Å². The number of methoxy groups -OCH3 is 1. The Morgan fingerprint density at radius 1 is 0.889 bits per heavy atom. The number of nitrogens with two attached hydrogens (primary N) is 1. The fraction of sp³-hybridized carbons (Fsp3) is 0.452. The molecule has 1 amide bonds. The molecule has 4 aromatic rings. The van der Waals surface area contributed by atoms with Crippen molar-refractivity contribution in [2.45, 2.75) is 90.5 Å². The summed E-state index contributed by atoms with van der Waals surface area (Å²) in [5.74, 6) is 7.60. The molecule has 10 nitrogen and oxygen atoms in total. The third kappa shape index (κ3) is 9.70. The van der Waals surface area contributed by atoms with Crippen LogP contribution < -0.4 is 10.6 Å². The fourth-order valence-corrected chi connectivity index (χ4v) is 7.53. The lowest BCUT2D eigenvalue weighted by Gasteiger charge is -2.39. The average Bonchev–Trinajstić information content (AvgIpc) is 3.46. The van der Waals surface area contributed by atoms with Gasteiger partial charge in [-0.05, 0) is 124 Å². The maximum atomic E-state index is 13.3. The Kier molecular flexibility index (Phi) is 12.3. The van der Waals surface area contributed by atoms with Crippen molar-refractivity contribution < 1.29 is 32.6 Å². The molecule has 2 N–H and O–H groups in total. The number of benzene rings is 3. The molecule has 1 saturated heterocycles. The molecule has 0 aliphatic carbocycles. The lowest BCUT2D eigenvalue weighted by molar-refractivity contribution is 0.0170. The van der Waals surface area contributed by atoms with Crippen molar-refractivity contribution in [3.63, 3.8) is 0 Å². The number of imidazole rings is 1. The summed E-state index contributed by atoms with van der Waals surface area (Å²) in [4.78, 5) is 32.5. The van der Waals surface area contributed by atoms with Gasteiger partial charge in [0.05, 0.1) is 7.11 Å². The molecular formula is C42H55FN4O6Si. The molecule has 1 aromatic heterocycles. The Hall–Kier alpha value is -4.68. The molecule has 1 aliphatic heterocycles. The number of halogens is 1. The molecule has 0 saturated carbocycles. The first-order valence-electron chi connectivity index (χ1n) is 18.6. The molecule has 54 heavy (non-hydrogen) atoms. The summed E-state index contributed by atoms with van der Waals surface area (Å²) < 4.78 is 37.9. The maximum absolute atomic E-state index is 13.3. The van der Waals surface area contributed by atoms with Crippen LogP contribution in [0.25, 0.3) is 22.6 Å².